The zero-order chi connectivity index (χ0) is 12.5. The molecule has 0 aromatic carbocycles. The molecule has 0 aliphatic heterocycles. The molecular formula is C13H11N3OS. The molecule has 0 atom stereocenters. The summed E-state index contributed by atoms with van der Waals surface area (Å²) in [4.78, 5) is 15.9. The number of hydrogen-bond donors (Lipinski definition) is 1. The van der Waals surface area contributed by atoms with Gasteiger partial charge in [0, 0.05) is 16.6 Å². The molecule has 3 aromatic rings. The summed E-state index contributed by atoms with van der Waals surface area (Å²) in [5, 5.41) is 4.64. The number of hydrogen-bond acceptors (Lipinski definition) is 3. The maximum atomic E-state index is 10.4. The van der Waals surface area contributed by atoms with E-state index in [1.807, 2.05) is 22.7 Å². The molecule has 3 aromatic heterocycles. The Morgan fingerprint density at radius 3 is 2.94 bits per heavy atom. The zero-order valence-corrected chi connectivity index (χ0v) is 10.6. The van der Waals surface area contributed by atoms with Gasteiger partial charge in [-0.15, -0.1) is 11.3 Å². The largest absolute Gasteiger partial charge is 0.312 e. The van der Waals surface area contributed by atoms with Crippen molar-refractivity contribution in [1.82, 2.24) is 9.38 Å². The first-order valence-corrected chi connectivity index (χ1v) is 6.39. The zero-order valence-electron chi connectivity index (χ0n) is 9.75. The van der Waals surface area contributed by atoms with Crippen LogP contribution in [0.25, 0.3) is 16.1 Å². The van der Waals surface area contributed by atoms with Crippen LogP contribution < -0.4 is 5.32 Å². The van der Waals surface area contributed by atoms with Gasteiger partial charge in [0.15, 0.2) is 5.82 Å². The average molecular weight is 257 g/mol. The maximum absolute atomic E-state index is 10.4. The van der Waals surface area contributed by atoms with E-state index in [9.17, 15) is 4.79 Å². The lowest BCUT2D eigenvalue weighted by atomic mass is 10.2. The maximum Gasteiger partial charge on any atom is 0.212 e. The van der Waals surface area contributed by atoms with Crippen LogP contribution in [0.1, 0.15) is 5.56 Å². The van der Waals surface area contributed by atoms with Crippen molar-refractivity contribution in [3.8, 4) is 10.4 Å². The second-order valence-corrected chi connectivity index (χ2v) is 4.92. The van der Waals surface area contributed by atoms with Gasteiger partial charge in [0.25, 0.3) is 0 Å². The molecule has 0 unspecified atom stereocenters. The number of aryl methyl sites for hydroxylation is 1. The van der Waals surface area contributed by atoms with Gasteiger partial charge in [-0.05, 0) is 36.1 Å². The molecule has 0 bridgehead atoms. The lowest BCUT2D eigenvalue weighted by Crippen LogP contribution is -1.92. The van der Waals surface area contributed by atoms with Crippen LogP contribution in [0.2, 0.25) is 0 Å². The first-order valence-electron chi connectivity index (χ1n) is 5.51. The third kappa shape index (κ3) is 1.78. The van der Waals surface area contributed by atoms with Crippen LogP contribution in [0.4, 0.5) is 5.82 Å². The molecule has 90 valence electrons. The lowest BCUT2D eigenvalue weighted by molar-refractivity contribution is -0.105. The van der Waals surface area contributed by atoms with E-state index in [2.05, 4.69) is 28.7 Å². The minimum absolute atomic E-state index is 0.560. The first kappa shape index (κ1) is 11.0. The smallest absolute Gasteiger partial charge is 0.212 e. The minimum atomic E-state index is 0.560. The number of nitrogens with zero attached hydrogens (tertiary/aromatic N) is 2. The van der Waals surface area contributed by atoms with Gasteiger partial charge in [-0.2, -0.15) is 0 Å². The molecule has 0 radical (unpaired) electrons. The number of thiophene rings is 1. The second-order valence-electron chi connectivity index (χ2n) is 4.00. The number of nitrogens with one attached hydrogen (secondary N) is 1. The van der Waals surface area contributed by atoms with Crippen LogP contribution in [0.5, 0.6) is 0 Å². The van der Waals surface area contributed by atoms with E-state index in [0.29, 0.717) is 12.2 Å². The van der Waals surface area contributed by atoms with Gasteiger partial charge < -0.3 is 9.72 Å². The third-order valence-electron chi connectivity index (χ3n) is 2.78. The molecule has 0 saturated carbocycles. The highest BCUT2D eigenvalue weighted by Gasteiger charge is 2.06. The van der Waals surface area contributed by atoms with Crippen molar-refractivity contribution in [3.05, 3.63) is 41.5 Å². The number of carbonyl (C=O) groups excluding carboxylic acids is 1. The van der Waals surface area contributed by atoms with Crippen molar-refractivity contribution in [2.75, 3.05) is 5.32 Å². The fourth-order valence-electron chi connectivity index (χ4n) is 1.92. The summed E-state index contributed by atoms with van der Waals surface area (Å²) in [6.07, 6.45) is 4.46. The summed E-state index contributed by atoms with van der Waals surface area (Å²) in [5.41, 5.74) is 3.24. The summed E-state index contributed by atoms with van der Waals surface area (Å²) < 4.78 is 1.92. The molecule has 1 amide bonds. The number of amides is 1. The topological polar surface area (TPSA) is 46.4 Å². The highest BCUT2D eigenvalue weighted by Crippen LogP contribution is 2.29. The normalized spacial score (nSPS) is 10.7. The van der Waals surface area contributed by atoms with Gasteiger partial charge in [0.05, 0.1) is 6.20 Å². The Hall–Kier alpha value is -2.14. The van der Waals surface area contributed by atoms with Crippen LogP contribution in [-0.2, 0) is 4.79 Å². The molecule has 1 N–H and O–H groups in total. The first-order chi connectivity index (χ1) is 8.78. The predicted molar refractivity (Wildman–Crippen MR) is 72.9 cm³/mol. The molecule has 0 aliphatic carbocycles. The van der Waals surface area contributed by atoms with E-state index in [-0.39, 0.29) is 0 Å². The molecule has 4 nitrogen and oxygen atoms in total. The van der Waals surface area contributed by atoms with E-state index in [1.54, 1.807) is 17.5 Å². The SMILES string of the molecule is Cc1ccsc1-c1ccc2nc(NC=O)cn2c1. The number of carbonyl (C=O) groups is 1. The van der Waals surface area contributed by atoms with Crippen LogP contribution in [0.3, 0.4) is 0 Å². The molecule has 0 spiro atoms. The Morgan fingerprint density at radius 1 is 1.33 bits per heavy atom. The predicted octanol–water partition coefficient (Wildman–Crippen LogP) is 2.94. The van der Waals surface area contributed by atoms with Gasteiger partial charge in [-0.25, -0.2) is 4.98 Å². The Morgan fingerprint density at radius 2 is 2.22 bits per heavy atom. The monoisotopic (exact) mass is 257 g/mol. The highest BCUT2D eigenvalue weighted by atomic mass is 32.1. The number of imidazole rings is 1. The van der Waals surface area contributed by atoms with Crippen LogP contribution in [-0.4, -0.2) is 15.8 Å². The summed E-state index contributed by atoms with van der Waals surface area (Å²) in [6, 6.07) is 6.10. The van der Waals surface area contributed by atoms with E-state index >= 15 is 0 Å². The summed E-state index contributed by atoms with van der Waals surface area (Å²) >= 11 is 1.72. The van der Waals surface area contributed by atoms with Crippen molar-refractivity contribution in [3.63, 3.8) is 0 Å². The van der Waals surface area contributed by atoms with E-state index < -0.39 is 0 Å². The van der Waals surface area contributed by atoms with Crippen LogP contribution >= 0.6 is 11.3 Å². The van der Waals surface area contributed by atoms with E-state index in [0.717, 1.165) is 11.2 Å². The van der Waals surface area contributed by atoms with Crippen molar-refractivity contribution in [2.45, 2.75) is 6.92 Å². The Bertz CT molecular complexity index is 714. The van der Waals surface area contributed by atoms with Gasteiger partial charge in [-0.1, -0.05) is 0 Å². The summed E-state index contributed by atoms with van der Waals surface area (Å²) in [6.45, 7) is 2.10. The van der Waals surface area contributed by atoms with Crippen LogP contribution in [0.15, 0.2) is 36.0 Å². The molecule has 0 fully saturated rings. The molecule has 3 rings (SSSR count). The Labute approximate surface area is 108 Å². The molecule has 5 heteroatoms. The molecule has 0 saturated heterocycles. The number of anilines is 1. The van der Waals surface area contributed by atoms with E-state index in [4.69, 9.17) is 0 Å². The van der Waals surface area contributed by atoms with Crippen molar-refractivity contribution >= 4 is 29.2 Å². The van der Waals surface area contributed by atoms with Crippen LogP contribution in [0, 0.1) is 6.92 Å². The fraction of sp³-hybridized carbons (Fsp3) is 0.0769. The lowest BCUT2D eigenvalue weighted by Gasteiger charge is -2.00. The quantitative estimate of drug-likeness (QED) is 0.733. The molecule has 18 heavy (non-hydrogen) atoms. The standard InChI is InChI=1S/C13H11N3OS/c1-9-4-5-18-13(9)10-2-3-12-15-11(14-8-17)7-16(12)6-10/h2-8H,1H3,(H,14,17). The van der Waals surface area contributed by atoms with Gasteiger partial charge in [0.2, 0.25) is 6.41 Å². The van der Waals surface area contributed by atoms with Gasteiger partial charge in [-0.3, -0.25) is 4.79 Å². The molecular weight excluding hydrogens is 246 g/mol. The third-order valence-corrected chi connectivity index (χ3v) is 3.85. The number of aromatic nitrogens is 2. The van der Waals surface area contributed by atoms with E-state index in [1.165, 1.54) is 10.4 Å². The van der Waals surface area contributed by atoms with Crippen molar-refractivity contribution in [1.29, 1.82) is 0 Å². The summed E-state index contributed by atoms with van der Waals surface area (Å²) in [5.74, 6) is 0.560. The minimum Gasteiger partial charge on any atom is -0.312 e. The Kier molecular flexibility index (Phi) is 2.60. The second kappa shape index (κ2) is 4.27. The molecule has 0 aliphatic rings. The van der Waals surface area contributed by atoms with Crippen molar-refractivity contribution < 1.29 is 4.79 Å². The number of pyridine rings is 1. The highest BCUT2D eigenvalue weighted by molar-refractivity contribution is 7.13. The van der Waals surface area contributed by atoms with Gasteiger partial charge in [0.1, 0.15) is 5.65 Å². The number of rotatable bonds is 3. The molecule has 3 heterocycles. The number of fused-ring (bicyclic) bond motifs is 1. The fourth-order valence-corrected chi connectivity index (χ4v) is 2.84. The Balaban J connectivity index is 2.10. The van der Waals surface area contributed by atoms with Crippen molar-refractivity contribution in [2.24, 2.45) is 0 Å². The average Bonchev–Trinajstić information content (AvgIpc) is 2.94. The van der Waals surface area contributed by atoms with Gasteiger partial charge >= 0.3 is 0 Å². The summed E-state index contributed by atoms with van der Waals surface area (Å²) in [7, 11) is 0.